The summed E-state index contributed by atoms with van der Waals surface area (Å²) >= 11 is 0. The van der Waals surface area contributed by atoms with Gasteiger partial charge in [0, 0.05) is 18.1 Å². The summed E-state index contributed by atoms with van der Waals surface area (Å²) in [5.41, 5.74) is -0.295. The highest BCUT2D eigenvalue weighted by Crippen LogP contribution is 2.34. The normalized spacial score (nSPS) is 26.6. The molecule has 1 N–H and O–H groups in total. The first-order valence-corrected chi connectivity index (χ1v) is 8.39. The first-order chi connectivity index (χ1) is 9.44. The van der Waals surface area contributed by atoms with Gasteiger partial charge in [0.1, 0.15) is 5.54 Å². The van der Waals surface area contributed by atoms with Crippen LogP contribution in [0.2, 0.25) is 0 Å². The molecular weight excluding hydrogens is 246 g/mol. The van der Waals surface area contributed by atoms with Crippen LogP contribution in [-0.2, 0) is 0 Å². The quantitative estimate of drug-likeness (QED) is 0.689. The van der Waals surface area contributed by atoms with Gasteiger partial charge in [-0.1, -0.05) is 19.8 Å². The van der Waals surface area contributed by atoms with Crippen LogP contribution in [0, 0.1) is 11.3 Å². The van der Waals surface area contributed by atoms with E-state index < -0.39 is 0 Å². The monoisotopic (exact) mass is 279 g/mol. The molecule has 1 aliphatic carbocycles. The van der Waals surface area contributed by atoms with Crippen molar-refractivity contribution in [1.29, 1.82) is 5.26 Å². The number of hydrogen-bond acceptors (Lipinski definition) is 3. The maximum atomic E-state index is 9.59. The van der Waals surface area contributed by atoms with Crippen LogP contribution in [0.5, 0.6) is 0 Å². The second-order valence-electron chi connectivity index (χ2n) is 6.93. The summed E-state index contributed by atoms with van der Waals surface area (Å²) in [6.45, 7) is 12.3. The lowest BCUT2D eigenvalue weighted by atomic mass is 9.97. The maximum Gasteiger partial charge on any atom is 0.108 e. The Balaban J connectivity index is 2.64. The summed E-state index contributed by atoms with van der Waals surface area (Å²) < 4.78 is 0. The molecule has 1 fully saturated rings. The van der Waals surface area contributed by atoms with Gasteiger partial charge >= 0.3 is 0 Å². The summed E-state index contributed by atoms with van der Waals surface area (Å²) in [7, 11) is 0. The largest absolute Gasteiger partial charge is 0.298 e. The van der Waals surface area contributed by atoms with Crippen LogP contribution >= 0.6 is 0 Å². The third-order valence-corrected chi connectivity index (χ3v) is 4.42. The third-order valence-electron chi connectivity index (χ3n) is 4.42. The second-order valence-corrected chi connectivity index (χ2v) is 6.93. The predicted octanol–water partition coefficient (Wildman–Crippen LogP) is 3.70. The van der Waals surface area contributed by atoms with Gasteiger partial charge in [-0.3, -0.25) is 10.2 Å². The Morgan fingerprint density at radius 3 is 2.50 bits per heavy atom. The minimum Gasteiger partial charge on any atom is -0.298 e. The summed E-state index contributed by atoms with van der Waals surface area (Å²) in [5.74, 6) is 0. The van der Waals surface area contributed by atoms with Crippen molar-refractivity contribution < 1.29 is 0 Å². The summed E-state index contributed by atoms with van der Waals surface area (Å²) in [6, 6.07) is 4.08. The molecule has 0 amide bonds. The van der Waals surface area contributed by atoms with Crippen LogP contribution in [0.3, 0.4) is 0 Å². The highest BCUT2D eigenvalue weighted by Gasteiger charge is 2.42. The Hall–Kier alpha value is -0.590. The molecule has 0 spiro atoms. The van der Waals surface area contributed by atoms with Crippen molar-refractivity contribution in [1.82, 2.24) is 10.2 Å². The lowest BCUT2D eigenvalue weighted by molar-refractivity contribution is 0.147. The van der Waals surface area contributed by atoms with E-state index in [4.69, 9.17) is 0 Å². The first kappa shape index (κ1) is 17.5. The van der Waals surface area contributed by atoms with E-state index in [0.29, 0.717) is 18.1 Å². The molecule has 116 valence electrons. The van der Waals surface area contributed by atoms with E-state index in [1.165, 1.54) is 25.8 Å². The van der Waals surface area contributed by atoms with E-state index in [9.17, 15) is 5.26 Å². The number of nitrogens with one attached hydrogen (secondary N) is 1. The number of nitrogens with zero attached hydrogens (tertiary/aromatic N) is 2. The van der Waals surface area contributed by atoms with E-state index in [0.717, 1.165) is 19.3 Å². The van der Waals surface area contributed by atoms with Gasteiger partial charge in [-0.25, -0.2) is 0 Å². The highest BCUT2D eigenvalue weighted by atomic mass is 15.2. The van der Waals surface area contributed by atoms with Crippen molar-refractivity contribution in [3.8, 4) is 6.07 Å². The van der Waals surface area contributed by atoms with E-state index in [1.807, 2.05) is 0 Å². The Kier molecular flexibility index (Phi) is 6.99. The molecule has 0 bridgehead atoms. The molecule has 1 saturated carbocycles. The van der Waals surface area contributed by atoms with Gasteiger partial charge in [-0.05, 0) is 59.9 Å². The molecule has 0 aromatic carbocycles. The zero-order valence-electron chi connectivity index (χ0n) is 14.1. The van der Waals surface area contributed by atoms with Gasteiger partial charge in [-0.2, -0.15) is 5.26 Å². The molecule has 2 atom stereocenters. The van der Waals surface area contributed by atoms with Gasteiger partial charge in [0.25, 0.3) is 0 Å². The number of rotatable bonds is 8. The van der Waals surface area contributed by atoms with E-state index >= 15 is 0 Å². The molecule has 2 unspecified atom stereocenters. The van der Waals surface area contributed by atoms with E-state index in [1.54, 1.807) is 0 Å². The number of hydrogen-bond donors (Lipinski definition) is 1. The standard InChI is InChI=1S/C17H33N3/c1-6-7-8-11-20(15(4)5)16-9-10-17(12-16,13-18)19-14(2)3/h14-16,19H,6-12H2,1-5H3. The van der Waals surface area contributed by atoms with Crippen molar-refractivity contribution in [2.45, 2.75) is 96.8 Å². The second kappa shape index (κ2) is 8.00. The molecule has 3 nitrogen and oxygen atoms in total. The molecule has 1 aliphatic rings. The predicted molar refractivity (Wildman–Crippen MR) is 85.6 cm³/mol. The molecule has 0 aliphatic heterocycles. The van der Waals surface area contributed by atoms with Crippen LogP contribution < -0.4 is 5.32 Å². The topological polar surface area (TPSA) is 39.1 Å². The van der Waals surface area contributed by atoms with Crippen molar-refractivity contribution >= 4 is 0 Å². The summed E-state index contributed by atoms with van der Waals surface area (Å²) in [4.78, 5) is 2.62. The number of unbranched alkanes of at least 4 members (excludes halogenated alkanes) is 2. The van der Waals surface area contributed by atoms with Crippen LogP contribution in [0.4, 0.5) is 0 Å². The fraction of sp³-hybridized carbons (Fsp3) is 0.941. The molecule has 1 rings (SSSR count). The molecule has 0 saturated heterocycles. The van der Waals surface area contributed by atoms with Crippen LogP contribution in [0.25, 0.3) is 0 Å². The van der Waals surface area contributed by atoms with Crippen molar-refractivity contribution in [2.24, 2.45) is 0 Å². The Bertz CT molecular complexity index is 319. The molecule has 0 aromatic rings. The minimum atomic E-state index is -0.295. The van der Waals surface area contributed by atoms with Crippen LogP contribution in [0.1, 0.15) is 73.1 Å². The average Bonchev–Trinajstić information content (AvgIpc) is 2.78. The Morgan fingerprint density at radius 1 is 1.30 bits per heavy atom. The third kappa shape index (κ3) is 4.75. The van der Waals surface area contributed by atoms with E-state index in [-0.39, 0.29) is 5.54 Å². The van der Waals surface area contributed by atoms with Gasteiger partial charge in [0.2, 0.25) is 0 Å². The van der Waals surface area contributed by atoms with Gasteiger partial charge in [-0.15, -0.1) is 0 Å². The Labute approximate surface area is 125 Å². The minimum absolute atomic E-state index is 0.295. The Morgan fingerprint density at radius 2 is 2.00 bits per heavy atom. The van der Waals surface area contributed by atoms with Crippen LogP contribution in [0.15, 0.2) is 0 Å². The van der Waals surface area contributed by atoms with Gasteiger partial charge in [0.05, 0.1) is 6.07 Å². The van der Waals surface area contributed by atoms with Crippen molar-refractivity contribution in [3.05, 3.63) is 0 Å². The maximum absolute atomic E-state index is 9.59. The van der Waals surface area contributed by atoms with Crippen molar-refractivity contribution in [3.63, 3.8) is 0 Å². The lowest BCUT2D eigenvalue weighted by Gasteiger charge is -2.34. The first-order valence-electron chi connectivity index (χ1n) is 8.39. The molecule has 20 heavy (non-hydrogen) atoms. The molecule has 0 radical (unpaired) electrons. The van der Waals surface area contributed by atoms with Crippen LogP contribution in [-0.4, -0.2) is 35.1 Å². The summed E-state index contributed by atoms with van der Waals surface area (Å²) in [6.07, 6.45) is 6.98. The SMILES string of the molecule is CCCCCN(C(C)C)C1CCC(C#N)(NC(C)C)C1. The smallest absolute Gasteiger partial charge is 0.108 e. The van der Waals surface area contributed by atoms with Gasteiger partial charge in [0.15, 0.2) is 0 Å². The lowest BCUT2D eigenvalue weighted by Crippen LogP contribution is -2.48. The molecule has 0 aromatic heterocycles. The fourth-order valence-electron chi connectivity index (χ4n) is 3.53. The molecular formula is C17H33N3. The van der Waals surface area contributed by atoms with Gasteiger partial charge < -0.3 is 0 Å². The zero-order valence-corrected chi connectivity index (χ0v) is 14.1. The fourth-order valence-corrected chi connectivity index (χ4v) is 3.53. The number of nitriles is 1. The average molecular weight is 279 g/mol. The molecule has 3 heteroatoms. The summed E-state index contributed by atoms with van der Waals surface area (Å²) in [5, 5.41) is 13.1. The van der Waals surface area contributed by atoms with E-state index in [2.05, 4.69) is 50.9 Å². The highest BCUT2D eigenvalue weighted by molar-refractivity contribution is 5.14. The zero-order chi connectivity index (χ0) is 15.2. The van der Waals surface area contributed by atoms with Crippen molar-refractivity contribution in [2.75, 3.05) is 6.54 Å². The molecule has 0 heterocycles.